The highest BCUT2D eigenvalue weighted by molar-refractivity contribution is 8.00. The van der Waals surface area contributed by atoms with Crippen molar-refractivity contribution in [2.45, 2.75) is 30.2 Å². The third-order valence-electron chi connectivity index (χ3n) is 5.88. The average Bonchev–Trinajstić information content (AvgIpc) is 3.25. The Bertz CT molecular complexity index is 1080. The smallest absolute Gasteiger partial charge is 0.240 e. The Morgan fingerprint density at radius 2 is 1.75 bits per heavy atom. The summed E-state index contributed by atoms with van der Waals surface area (Å²) in [5.74, 6) is 0.948. The van der Waals surface area contributed by atoms with Crippen molar-refractivity contribution in [2.75, 3.05) is 42.6 Å². The number of hydrogen-bond donors (Lipinski definition) is 0. The van der Waals surface area contributed by atoms with Crippen molar-refractivity contribution in [3.8, 4) is 5.69 Å². The lowest BCUT2D eigenvalue weighted by Crippen LogP contribution is -2.43. The van der Waals surface area contributed by atoms with Gasteiger partial charge in [-0.15, -0.1) is 10.2 Å². The molecule has 0 N–H and O–H groups in total. The van der Waals surface area contributed by atoms with E-state index in [9.17, 15) is 4.79 Å². The number of carbonyl (C=O) groups excluding carboxylic acids is 1. The molecule has 1 aromatic heterocycles. The van der Waals surface area contributed by atoms with Crippen LogP contribution < -0.4 is 9.80 Å². The molecule has 0 bridgehead atoms. The summed E-state index contributed by atoms with van der Waals surface area (Å²) in [5.41, 5.74) is 3.14. The average molecular weight is 450 g/mol. The number of aryl methyl sites for hydroxylation is 1. The quantitative estimate of drug-likeness (QED) is 0.592. The van der Waals surface area contributed by atoms with Crippen molar-refractivity contribution in [3.63, 3.8) is 0 Å². The highest BCUT2D eigenvalue weighted by atomic mass is 32.2. The normalized spacial score (nSPS) is 19.4. The summed E-state index contributed by atoms with van der Waals surface area (Å²) in [6, 6.07) is 18.3. The number of amides is 1. The highest BCUT2D eigenvalue weighted by Gasteiger charge is 2.33. The Hall–Kier alpha value is -2.84. The molecule has 2 aliphatic heterocycles. The number of para-hydroxylation sites is 1. The maximum Gasteiger partial charge on any atom is 0.240 e. The Balaban J connectivity index is 1.46. The lowest BCUT2D eigenvalue weighted by molar-refractivity contribution is -0.119. The molecule has 5 rings (SSSR count). The van der Waals surface area contributed by atoms with Crippen LogP contribution in [0.3, 0.4) is 0 Å². The van der Waals surface area contributed by atoms with Crippen LogP contribution in [0.15, 0.2) is 59.8 Å². The Kier molecular flexibility index (Phi) is 6.14. The molecule has 0 aliphatic carbocycles. The zero-order valence-electron chi connectivity index (χ0n) is 18.2. The van der Waals surface area contributed by atoms with E-state index >= 15 is 0 Å². The van der Waals surface area contributed by atoms with Gasteiger partial charge in [-0.05, 0) is 49.6 Å². The van der Waals surface area contributed by atoms with Crippen LogP contribution in [0.2, 0.25) is 0 Å². The lowest BCUT2D eigenvalue weighted by Gasteiger charge is -2.32. The number of aromatic nitrogens is 3. The van der Waals surface area contributed by atoms with E-state index in [2.05, 4.69) is 44.8 Å². The summed E-state index contributed by atoms with van der Waals surface area (Å²) in [6.45, 7) is 5.74. The van der Waals surface area contributed by atoms with Gasteiger partial charge in [-0.3, -0.25) is 9.36 Å². The first-order valence-corrected chi connectivity index (χ1v) is 12.0. The van der Waals surface area contributed by atoms with Gasteiger partial charge in [0.25, 0.3) is 0 Å². The van der Waals surface area contributed by atoms with Gasteiger partial charge in [0.05, 0.1) is 24.2 Å². The zero-order valence-corrected chi connectivity index (χ0v) is 19.0. The summed E-state index contributed by atoms with van der Waals surface area (Å²) in [5, 5.41) is 9.67. The van der Waals surface area contributed by atoms with Crippen molar-refractivity contribution < 1.29 is 9.53 Å². The molecule has 0 spiro atoms. The molecule has 32 heavy (non-hydrogen) atoms. The number of nitrogens with zero attached hydrogens (tertiary/aromatic N) is 5. The molecule has 2 aromatic carbocycles. The number of morpholine rings is 1. The lowest BCUT2D eigenvalue weighted by atomic mass is 10.1. The number of rotatable bonds is 5. The Morgan fingerprint density at radius 1 is 0.969 bits per heavy atom. The first-order chi connectivity index (χ1) is 15.7. The van der Waals surface area contributed by atoms with Crippen molar-refractivity contribution in [1.82, 2.24) is 14.8 Å². The highest BCUT2D eigenvalue weighted by Crippen LogP contribution is 2.35. The van der Waals surface area contributed by atoms with Gasteiger partial charge in [0, 0.05) is 25.3 Å². The number of thioether (sulfide) groups is 1. The minimum absolute atomic E-state index is 0.138. The van der Waals surface area contributed by atoms with Gasteiger partial charge in [-0.1, -0.05) is 42.1 Å². The number of ether oxygens (including phenoxy) is 1. The first kappa shape index (κ1) is 21.0. The van der Waals surface area contributed by atoms with E-state index in [4.69, 9.17) is 4.74 Å². The molecule has 2 fully saturated rings. The molecule has 1 unspecified atom stereocenters. The van der Waals surface area contributed by atoms with Crippen LogP contribution in [0.4, 0.5) is 11.6 Å². The van der Waals surface area contributed by atoms with Gasteiger partial charge in [0.1, 0.15) is 0 Å². The van der Waals surface area contributed by atoms with Crippen molar-refractivity contribution in [1.29, 1.82) is 0 Å². The molecule has 2 aliphatic rings. The van der Waals surface area contributed by atoms with Crippen LogP contribution in [-0.2, 0) is 9.53 Å². The zero-order chi connectivity index (χ0) is 21.9. The van der Waals surface area contributed by atoms with E-state index in [0.717, 1.165) is 55.0 Å². The molecule has 7 nitrogen and oxygen atoms in total. The fourth-order valence-electron chi connectivity index (χ4n) is 4.24. The summed E-state index contributed by atoms with van der Waals surface area (Å²) in [6.07, 6.45) is 1.80. The molecule has 3 heterocycles. The molecule has 2 saturated heterocycles. The van der Waals surface area contributed by atoms with E-state index in [1.54, 1.807) is 0 Å². The summed E-state index contributed by atoms with van der Waals surface area (Å²) in [4.78, 5) is 17.5. The van der Waals surface area contributed by atoms with E-state index in [1.165, 1.54) is 17.3 Å². The number of carbonyl (C=O) groups is 1. The third-order valence-corrected chi connectivity index (χ3v) is 7.07. The molecular formula is C24H27N5O2S. The van der Waals surface area contributed by atoms with E-state index in [1.807, 2.05) is 41.3 Å². The summed E-state index contributed by atoms with van der Waals surface area (Å²) in [7, 11) is 0. The fourth-order valence-corrected chi connectivity index (χ4v) is 5.39. The second-order valence-corrected chi connectivity index (χ2v) is 9.30. The maximum absolute atomic E-state index is 13.4. The maximum atomic E-state index is 13.4. The SMILES string of the molecule is Cc1cccc(-n2c(SC3CCCN(c4ccccc4)C3=O)nnc2N2CCOCC2)c1. The molecular weight excluding hydrogens is 422 g/mol. The third kappa shape index (κ3) is 4.25. The van der Waals surface area contributed by atoms with Crippen molar-refractivity contribution in [3.05, 3.63) is 60.2 Å². The Labute approximate surface area is 192 Å². The second kappa shape index (κ2) is 9.34. The van der Waals surface area contributed by atoms with Gasteiger partial charge in [0.2, 0.25) is 11.9 Å². The van der Waals surface area contributed by atoms with Crippen LogP contribution in [-0.4, -0.2) is 58.8 Å². The van der Waals surface area contributed by atoms with Crippen LogP contribution in [0.25, 0.3) is 5.69 Å². The van der Waals surface area contributed by atoms with E-state index in [0.29, 0.717) is 13.2 Å². The summed E-state index contributed by atoms with van der Waals surface area (Å²) >= 11 is 1.52. The first-order valence-electron chi connectivity index (χ1n) is 11.1. The predicted octanol–water partition coefficient (Wildman–Crippen LogP) is 3.70. The molecule has 8 heteroatoms. The van der Waals surface area contributed by atoms with Crippen LogP contribution in [0.1, 0.15) is 18.4 Å². The summed E-state index contributed by atoms with van der Waals surface area (Å²) < 4.78 is 7.62. The van der Waals surface area contributed by atoms with Crippen molar-refractivity contribution >= 4 is 29.3 Å². The van der Waals surface area contributed by atoms with E-state index < -0.39 is 0 Å². The minimum atomic E-state index is -0.186. The molecule has 3 aromatic rings. The largest absolute Gasteiger partial charge is 0.378 e. The molecule has 0 radical (unpaired) electrons. The van der Waals surface area contributed by atoms with Crippen molar-refractivity contribution in [2.24, 2.45) is 0 Å². The molecule has 1 atom stereocenters. The monoisotopic (exact) mass is 449 g/mol. The molecule has 0 saturated carbocycles. The molecule has 1 amide bonds. The standard InChI is InChI=1S/C24H27N5O2S/c1-18-7-5-10-20(17-18)29-23(27-13-15-31-16-14-27)25-26-24(29)32-21-11-6-12-28(22(21)30)19-8-3-2-4-9-19/h2-5,7-10,17,21H,6,11-16H2,1H3. The number of hydrogen-bond acceptors (Lipinski definition) is 6. The van der Waals surface area contributed by atoms with Gasteiger partial charge in [0.15, 0.2) is 5.16 Å². The fraction of sp³-hybridized carbons (Fsp3) is 0.375. The number of anilines is 2. The van der Waals surface area contributed by atoms with Crippen LogP contribution in [0, 0.1) is 6.92 Å². The Morgan fingerprint density at radius 3 is 2.53 bits per heavy atom. The van der Waals surface area contributed by atoms with E-state index in [-0.39, 0.29) is 11.2 Å². The minimum Gasteiger partial charge on any atom is -0.378 e. The topological polar surface area (TPSA) is 63.5 Å². The molecule has 166 valence electrons. The van der Waals surface area contributed by atoms with Gasteiger partial charge >= 0.3 is 0 Å². The predicted molar refractivity (Wildman–Crippen MR) is 127 cm³/mol. The van der Waals surface area contributed by atoms with Gasteiger partial charge in [-0.25, -0.2) is 0 Å². The van der Waals surface area contributed by atoms with Gasteiger partial charge < -0.3 is 14.5 Å². The van der Waals surface area contributed by atoms with Crippen LogP contribution >= 0.6 is 11.8 Å². The van der Waals surface area contributed by atoms with Gasteiger partial charge in [-0.2, -0.15) is 0 Å². The number of benzene rings is 2. The second-order valence-electron chi connectivity index (χ2n) is 8.13. The van der Waals surface area contributed by atoms with Crippen LogP contribution in [0.5, 0.6) is 0 Å². The number of piperidine rings is 1.